The molecule has 0 aliphatic carbocycles. The Balaban J connectivity index is 2.33. The zero-order chi connectivity index (χ0) is 14.5. The van der Waals surface area contributed by atoms with Crippen molar-refractivity contribution in [3.8, 4) is 0 Å². The number of ether oxygens (including phenoxy) is 1. The summed E-state index contributed by atoms with van der Waals surface area (Å²) in [6.07, 6.45) is 0.360. The third kappa shape index (κ3) is 7.18. The smallest absolute Gasteiger partial charge is 0.422 e. The lowest BCUT2D eigenvalue weighted by Crippen LogP contribution is -2.46. The quantitative estimate of drug-likeness (QED) is 0.833. The lowest BCUT2D eigenvalue weighted by molar-refractivity contribution is 0.0489. The minimum Gasteiger partial charge on any atom is -0.443 e. The van der Waals surface area contributed by atoms with Crippen LogP contribution in [0, 0.1) is 0 Å². The minimum atomic E-state index is -0.485. The first kappa shape index (κ1) is 16.0. The Morgan fingerprint density at radius 1 is 1.32 bits per heavy atom. The molecule has 0 radical (unpaired) electrons. The maximum Gasteiger partial charge on any atom is 0.422 e. The monoisotopic (exact) mass is 328 g/mol. The molecule has 0 saturated carbocycles. The summed E-state index contributed by atoms with van der Waals surface area (Å²) < 4.78 is 6.19. The van der Waals surface area contributed by atoms with Crippen LogP contribution in [0.15, 0.2) is 28.7 Å². The van der Waals surface area contributed by atoms with Gasteiger partial charge >= 0.3 is 6.09 Å². The van der Waals surface area contributed by atoms with Crippen molar-refractivity contribution in [2.24, 2.45) is 0 Å². The van der Waals surface area contributed by atoms with E-state index in [9.17, 15) is 4.79 Å². The molecule has 1 unspecified atom stereocenters. The Labute approximate surface area is 123 Å². The number of carbonyl (C=O) groups is 1. The number of nitrogens with one attached hydrogen (secondary N) is 2. The third-order valence-electron chi connectivity index (χ3n) is 2.27. The molecule has 0 aliphatic rings. The van der Waals surface area contributed by atoms with E-state index in [1.54, 1.807) is 0 Å². The molecule has 19 heavy (non-hydrogen) atoms. The van der Waals surface area contributed by atoms with Crippen LogP contribution >= 0.6 is 15.9 Å². The van der Waals surface area contributed by atoms with E-state index in [0.717, 1.165) is 10.9 Å². The van der Waals surface area contributed by atoms with Gasteiger partial charge in [-0.3, -0.25) is 5.43 Å². The zero-order valence-corrected chi connectivity index (χ0v) is 13.4. The summed E-state index contributed by atoms with van der Waals surface area (Å²) in [5, 5.41) is 0. The first-order chi connectivity index (χ1) is 8.76. The van der Waals surface area contributed by atoms with Crippen LogP contribution in [0.2, 0.25) is 0 Å². The highest BCUT2D eigenvalue weighted by atomic mass is 79.9. The maximum atomic E-state index is 11.5. The molecule has 5 heteroatoms. The molecule has 1 aromatic rings. The number of hydrogen-bond donors (Lipinski definition) is 2. The topological polar surface area (TPSA) is 50.4 Å². The van der Waals surface area contributed by atoms with Crippen molar-refractivity contribution in [2.45, 2.75) is 45.8 Å². The Morgan fingerprint density at radius 2 is 1.89 bits per heavy atom. The van der Waals surface area contributed by atoms with Crippen molar-refractivity contribution in [3.63, 3.8) is 0 Å². The molecule has 0 bridgehead atoms. The molecule has 1 atom stereocenters. The molecule has 0 saturated heterocycles. The van der Waals surface area contributed by atoms with E-state index in [1.165, 1.54) is 5.56 Å². The average Bonchev–Trinajstić information content (AvgIpc) is 2.27. The molecule has 1 amide bonds. The molecule has 0 fully saturated rings. The standard InChI is InChI=1S/C14H21BrN2O2/c1-10(9-11-5-7-12(15)8-6-11)16-17-13(18)19-14(2,3)4/h5-8,10,16H,9H2,1-4H3,(H,17,18). The largest absolute Gasteiger partial charge is 0.443 e. The van der Waals surface area contributed by atoms with Crippen LogP contribution in [-0.4, -0.2) is 17.7 Å². The van der Waals surface area contributed by atoms with E-state index in [-0.39, 0.29) is 6.04 Å². The summed E-state index contributed by atoms with van der Waals surface area (Å²) >= 11 is 3.40. The predicted molar refractivity (Wildman–Crippen MR) is 79.8 cm³/mol. The molecular weight excluding hydrogens is 308 g/mol. The fourth-order valence-electron chi connectivity index (χ4n) is 1.51. The van der Waals surface area contributed by atoms with Crippen LogP contribution in [0.4, 0.5) is 4.79 Å². The highest BCUT2D eigenvalue weighted by molar-refractivity contribution is 9.10. The number of benzene rings is 1. The molecule has 0 aromatic heterocycles. The Morgan fingerprint density at radius 3 is 2.42 bits per heavy atom. The van der Waals surface area contributed by atoms with Crippen LogP contribution in [0.25, 0.3) is 0 Å². The van der Waals surface area contributed by atoms with E-state index < -0.39 is 11.7 Å². The summed E-state index contributed by atoms with van der Waals surface area (Å²) in [6.45, 7) is 7.49. The van der Waals surface area contributed by atoms with Crippen LogP contribution in [-0.2, 0) is 11.2 Å². The lowest BCUT2D eigenvalue weighted by Gasteiger charge is -2.21. The van der Waals surface area contributed by atoms with Crippen LogP contribution in [0.1, 0.15) is 33.3 Å². The van der Waals surface area contributed by atoms with E-state index in [0.29, 0.717) is 0 Å². The summed E-state index contributed by atoms with van der Waals surface area (Å²) in [5.74, 6) is 0. The van der Waals surface area contributed by atoms with Gasteiger partial charge in [0.15, 0.2) is 0 Å². The second-order valence-electron chi connectivity index (χ2n) is 5.50. The van der Waals surface area contributed by atoms with Crippen molar-refractivity contribution in [2.75, 3.05) is 0 Å². The Kier molecular flexibility index (Phi) is 5.82. The van der Waals surface area contributed by atoms with Gasteiger partial charge in [-0.15, -0.1) is 0 Å². The Bertz CT molecular complexity index is 412. The van der Waals surface area contributed by atoms with E-state index in [1.807, 2.05) is 39.8 Å². The van der Waals surface area contributed by atoms with Gasteiger partial charge in [-0.05, 0) is 51.8 Å². The number of hydrazine groups is 1. The molecular formula is C14H21BrN2O2. The molecule has 0 spiro atoms. The third-order valence-corrected chi connectivity index (χ3v) is 2.80. The van der Waals surface area contributed by atoms with Crippen LogP contribution in [0.5, 0.6) is 0 Å². The second-order valence-corrected chi connectivity index (χ2v) is 6.42. The van der Waals surface area contributed by atoms with Gasteiger partial charge in [0.2, 0.25) is 0 Å². The summed E-state index contributed by atoms with van der Waals surface area (Å²) in [5.41, 5.74) is 6.20. The van der Waals surface area contributed by atoms with Crippen molar-refractivity contribution >= 4 is 22.0 Å². The Hall–Kier alpha value is -1.07. The molecule has 1 rings (SSSR count). The SMILES string of the molecule is CC(Cc1ccc(Br)cc1)NNC(=O)OC(C)(C)C. The number of rotatable bonds is 4. The normalized spacial score (nSPS) is 12.9. The van der Waals surface area contributed by atoms with Crippen LogP contribution < -0.4 is 10.9 Å². The maximum absolute atomic E-state index is 11.5. The first-order valence-electron chi connectivity index (χ1n) is 6.25. The summed E-state index contributed by atoms with van der Waals surface area (Å²) in [6, 6.07) is 8.23. The van der Waals surface area contributed by atoms with Gasteiger partial charge < -0.3 is 4.74 Å². The number of hydrogen-bond acceptors (Lipinski definition) is 3. The summed E-state index contributed by atoms with van der Waals surface area (Å²) in [7, 11) is 0. The zero-order valence-electron chi connectivity index (χ0n) is 11.8. The van der Waals surface area contributed by atoms with Crippen molar-refractivity contribution in [1.29, 1.82) is 0 Å². The molecule has 2 N–H and O–H groups in total. The fraction of sp³-hybridized carbons (Fsp3) is 0.500. The van der Waals surface area contributed by atoms with Gasteiger partial charge in [0.1, 0.15) is 5.60 Å². The number of amides is 1. The van der Waals surface area contributed by atoms with Gasteiger partial charge in [0.25, 0.3) is 0 Å². The number of halogens is 1. The molecule has 0 aliphatic heterocycles. The van der Waals surface area contributed by atoms with Gasteiger partial charge in [-0.25, -0.2) is 10.2 Å². The summed E-state index contributed by atoms with van der Waals surface area (Å²) in [4.78, 5) is 11.5. The highest BCUT2D eigenvalue weighted by Gasteiger charge is 2.16. The van der Waals surface area contributed by atoms with Crippen molar-refractivity contribution < 1.29 is 9.53 Å². The molecule has 4 nitrogen and oxygen atoms in total. The van der Waals surface area contributed by atoms with Crippen LogP contribution in [0.3, 0.4) is 0 Å². The van der Waals surface area contributed by atoms with E-state index >= 15 is 0 Å². The molecule has 106 valence electrons. The molecule has 1 aromatic carbocycles. The van der Waals surface area contributed by atoms with Crippen molar-refractivity contribution in [1.82, 2.24) is 10.9 Å². The predicted octanol–water partition coefficient (Wildman–Crippen LogP) is 3.41. The van der Waals surface area contributed by atoms with Gasteiger partial charge in [-0.1, -0.05) is 28.1 Å². The average molecular weight is 329 g/mol. The van der Waals surface area contributed by atoms with Crippen molar-refractivity contribution in [3.05, 3.63) is 34.3 Å². The van der Waals surface area contributed by atoms with E-state index in [4.69, 9.17) is 4.74 Å². The minimum absolute atomic E-state index is 0.119. The van der Waals surface area contributed by atoms with E-state index in [2.05, 4.69) is 38.9 Å². The van der Waals surface area contributed by atoms with Gasteiger partial charge in [-0.2, -0.15) is 0 Å². The lowest BCUT2D eigenvalue weighted by atomic mass is 10.1. The first-order valence-corrected chi connectivity index (χ1v) is 7.04. The van der Waals surface area contributed by atoms with Gasteiger partial charge in [0, 0.05) is 10.5 Å². The molecule has 0 heterocycles. The second kappa shape index (κ2) is 6.91. The highest BCUT2D eigenvalue weighted by Crippen LogP contribution is 2.11. The van der Waals surface area contributed by atoms with Gasteiger partial charge in [0.05, 0.1) is 0 Å². The fourth-order valence-corrected chi connectivity index (χ4v) is 1.78. The number of carbonyl (C=O) groups excluding carboxylic acids is 1.